The first-order valence-corrected chi connectivity index (χ1v) is 4.81. The Labute approximate surface area is 78.3 Å². The fraction of sp³-hybridized carbons (Fsp3) is 0.600. The van der Waals surface area contributed by atoms with E-state index in [0.29, 0.717) is 12.1 Å². The van der Waals surface area contributed by atoms with Crippen LogP contribution in [0.25, 0.3) is 0 Å². The third-order valence-electron chi connectivity index (χ3n) is 2.55. The molecule has 0 saturated carbocycles. The summed E-state index contributed by atoms with van der Waals surface area (Å²) in [5, 5.41) is 3.41. The minimum atomic E-state index is 0.316. The summed E-state index contributed by atoms with van der Waals surface area (Å²) in [5.41, 5.74) is 5.89. The predicted molar refractivity (Wildman–Crippen MR) is 51.4 cm³/mol. The lowest BCUT2D eigenvalue weighted by molar-refractivity contribution is 0.318. The molecular weight excluding hydrogens is 164 g/mol. The highest BCUT2D eigenvalue weighted by atomic mass is 16.3. The standard InChI is InChI=1S/C10H16N2O/c1-7-2-3-10(13-7)9-6-8(11)4-5-12-9/h2-3,8-9,12H,4-6,11H2,1H3/t8-,9-/m0/s1. The molecule has 1 aliphatic heterocycles. The Morgan fingerprint density at radius 3 is 3.00 bits per heavy atom. The van der Waals surface area contributed by atoms with Crippen molar-refractivity contribution < 1.29 is 4.42 Å². The van der Waals surface area contributed by atoms with E-state index in [2.05, 4.69) is 5.32 Å². The molecule has 0 amide bonds. The normalized spacial score (nSPS) is 29.1. The molecule has 0 aliphatic carbocycles. The molecule has 3 heteroatoms. The van der Waals surface area contributed by atoms with Crippen LogP contribution in [-0.4, -0.2) is 12.6 Å². The molecule has 0 bridgehead atoms. The average Bonchev–Trinajstić information content (AvgIpc) is 2.52. The number of aryl methyl sites for hydroxylation is 1. The Morgan fingerprint density at radius 2 is 2.38 bits per heavy atom. The van der Waals surface area contributed by atoms with E-state index >= 15 is 0 Å². The van der Waals surface area contributed by atoms with E-state index in [-0.39, 0.29) is 0 Å². The van der Waals surface area contributed by atoms with Crippen molar-refractivity contribution in [3.8, 4) is 0 Å². The van der Waals surface area contributed by atoms with Gasteiger partial charge in [0.1, 0.15) is 11.5 Å². The van der Waals surface area contributed by atoms with E-state index < -0.39 is 0 Å². The van der Waals surface area contributed by atoms with Crippen LogP contribution in [0.5, 0.6) is 0 Å². The van der Waals surface area contributed by atoms with Gasteiger partial charge in [-0.2, -0.15) is 0 Å². The van der Waals surface area contributed by atoms with E-state index in [1.807, 2.05) is 19.1 Å². The van der Waals surface area contributed by atoms with Crippen LogP contribution < -0.4 is 11.1 Å². The van der Waals surface area contributed by atoms with Gasteiger partial charge in [0.15, 0.2) is 0 Å². The zero-order valence-electron chi connectivity index (χ0n) is 7.92. The number of piperidine rings is 1. The molecular formula is C10H16N2O. The van der Waals surface area contributed by atoms with Crippen LogP contribution in [0.4, 0.5) is 0 Å². The molecule has 3 nitrogen and oxygen atoms in total. The Balaban J connectivity index is 2.08. The van der Waals surface area contributed by atoms with Gasteiger partial charge in [-0.25, -0.2) is 0 Å². The molecule has 13 heavy (non-hydrogen) atoms. The van der Waals surface area contributed by atoms with Crippen molar-refractivity contribution in [2.24, 2.45) is 5.73 Å². The van der Waals surface area contributed by atoms with Gasteiger partial charge in [-0.05, 0) is 38.4 Å². The number of nitrogens with one attached hydrogen (secondary N) is 1. The lowest BCUT2D eigenvalue weighted by Crippen LogP contribution is -2.38. The minimum Gasteiger partial charge on any atom is -0.465 e. The molecule has 0 aromatic carbocycles. The van der Waals surface area contributed by atoms with Crippen molar-refractivity contribution >= 4 is 0 Å². The molecule has 0 spiro atoms. The fourth-order valence-corrected chi connectivity index (χ4v) is 1.80. The van der Waals surface area contributed by atoms with Crippen molar-refractivity contribution in [1.82, 2.24) is 5.32 Å². The van der Waals surface area contributed by atoms with Gasteiger partial charge in [0.25, 0.3) is 0 Å². The number of hydrogen-bond acceptors (Lipinski definition) is 3. The van der Waals surface area contributed by atoms with Crippen LogP contribution in [0.1, 0.15) is 30.4 Å². The molecule has 0 unspecified atom stereocenters. The van der Waals surface area contributed by atoms with Crippen LogP contribution in [0.15, 0.2) is 16.5 Å². The second-order valence-corrected chi connectivity index (χ2v) is 3.74. The van der Waals surface area contributed by atoms with Crippen molar-refractivity contribution in [3.05, 3.63) is 23.7 Å². The summed E-state index contributed by atoms with van der Waals surface area (Å²) in [7, 11) is 0. The van der Waals surface area contributed by atoms with Crippen LogP contribution in [0.2, 0.25) is 0 Å². The first-order chi connectivity index (χ1) is 6.25. The molecule has 1 aromatic heterocycles. The van der Waals surface area contributed by atoms with E-state index in [4.69, 9.17) is 10.2 Å². The molecule has 0 radical (unpaired) electrons. The minimum absolute atomic E-state index is 0.316. The number of rotatable bonds is 1. The van der Waals surface area contributed by atoms with Crippen molar-refractivity contribution in [2.45, 2.75) is 31.8 Å². The molecule has 72 valence electrons. The smallest absolute Gasteiger partial charge is 0.121 e. The predicted octanol–water partition coefficient (Wildman–Crippen LogP) is 1.34. The van der Waals surface area contributed by atoms with E-state index in [1.54, 1.807) is 0 Å². The molecule has 1 aliphatic rings. The average molecular weight is 180 g/mol. The maximum atomic E-state index is 5.89. The van der Waals surface area contributed by atoms with Gasteiger partial charge in [0.2, 0.25) is 0 Å². The summed E-state index contributed by atoms with van der Waals surface area (Å²) in [6, 6.07) is 4.66. The van der Waals surface area contributed by atoms with Crippen molar-refractivity contribution in [2.75, 3.05) is 6.54 Å². The van der Waals surface area contributed by atoms with Crippen LogP contribution in [-0.2, 0) is 0 Å². The second kappa shape index (κ2) is 3.52. The lowest BCUT2D eigenvalue weighted by atomic mass is 9.99. The molecule has 1 saturated heterocycles. The number of hydrogen-bond donors (Lipinski definition) is 2. The highest BCUT2D eigenvalue weighted by molar-refractivity contribution is 5.10. The molecule has 2 rings (SSSR count). The summed E-state index contributed by atoms with van der Waals surface area (Å²) in [6.45, 7) is 2.96. The maximum absolute atomic E-state index is 5.89. The van der Waals surface area contributed by atoms with Gasteiger partial charge in [-0.1, -0.05) is 0 Å². The summed E-state index contributed by atoms with van der Waals surface area (Å²) < 4.78 is 5.55. The molecule has 2 atom stereocenters. The Morgan fingerprint density at radius 1 is 1.54 bits per heavy atom. The van der Waals surface area contributed by atoms with Gasteiger partial charge < -0.3 is 15.5 Å². The van der Waals surface area contributed by atoms with Gasteiger partial charge in [0.05, 0.1) is 6.04 Å². The number of furan rings is 1. The first-order valence-electron chi connectivity index (χ1n) is 4.81. The Bertz CT molecular complexity index is 282. The number of nitrogens with two attached hydrogens (primary N) is 1. The second-order valence-electron chi connectivity index (χ2n) is 3.74. The van der Waals surface area contributed by atoms with Gasteiger partial charge in [-0.3, -0.25) is 0 Å². The largest absolute Gasteiger partial charge is 0.465 e. The fourth-order valence-electron chi connectivity index (χ4n) is 1.80. The van der Waals surface area contributed by atoms with Gasteiger partial charge in [-0.15, -0.1) is 0 Å². The SMILES string of the molecule is Cc1ccc([C@@H]2C[C@@H](N)CCN2)o1. The Kier molecular flexibility index (Phi) is 2.38. The van der Waals surface area contributed by atoms with E-state index in [9.17, 15) is 0 Å². The topological polar surface area (TPSA) is 51.2 Å². The summed E-state index contributed by atoms with van der Waals surface area (Å²) in [4.78, 5) is 0. The summed E-state index contributed by atoms with van der Waals surface area (Å²) in [6.07, 6.45) is 2.04. The molecule has 3 N–H and O–H groups in total. The maximum Gasteiger partial charge on any atom is 0.121 e. The van der Waals surface area contributed by atoms with Crippen LogP contribution >= 0.6 is 0 Å². The van der Waals surface area contributed by atoms with Gasteiger partial charge in [0, 0.05) is 6.04 Å². The van der Waals surface area contributed by atoms with E-state index in [1.165, 1.54) is 0 Å². The monoisotopic (exact) mass is 180 g/mol. The highest BCUT2D eigenvalue weighted by Crippen LogP contribution is 2.23. The Hall–Kier alpha value is -0.800. The third-order valence-corrected chi connectivity index (χ3v) is 2.55. The van der Waals surface area contributed by atoms with Gasteiger partial charge >= 0.3 is 0 Å². The zero-order chi connectivity index (χ0) is 9.26. The molecule has 1 aromatic rings. The van der Waals surface area contributed by atoms with Crippen molar-refractivity contribution in [3.63, 3.8) is 0 Å². The summed E-state index contributed by atoms with van der Waals surface area (Å²) >= 11 is 0. The summed E-state index contributed by atoms with van der Waals surface area (Å²) in [5.74, 6) is 1.99. The first kappa shape index (κ1) is 8.78. The molecule has 2 heterocycles. The highest BCUT2D eigenvalue weighted by Gasteiger charge is 2.22. The van der Waals surface area contributed by atoms with Crippen LogP contribution in [0.3, 0.4) is 0 Å². The quantitative estimate of drug-likeness (QED) is 0.685. The van der Waals surface area contributed by atoms with E-state index in [0.717, 1.165) is 30.9 Å². The lowest BCUT2D eigenvalue weighted by Gasteiger charge is -2.26. The zero-order valence-corrected chi connectivity index (χ0v) is 7.92. The molecule has 1 fully saturated rings. The van der Waals surface area contributed by atoms with Crippen LogP contribution in [0, 0.1) is 6.92 Å². The third kappa shape index (κ3) is 1.92. The van der Waals surface area contributed by atoms with Crippen molar-refractivity contribution in [1.29, 1.82) is 0 Å².